The van der Waals surface area contributed by atoms with Crippen molar-refractivity contribution in [3.8, 4) is 16.9 Å². The summed E-state index contributed by atoms with van der Waals surface area (Å²) in [5, 5.41) is 2.35. The van der Waals surface area contributed by atoms with Gasteiger partial charge in [0.2, 0.25) is 0 Å². The molecule has 41 heavy (non-hydrogen) atoms. The second-order valence-electron chi connectivity index (χ2n) is 10.8. The number of hydrogen-bond acceptors (Lipinski definition) is 3. The van der Waals surface area contributed by atoms with E-state index in [0.29, 0.717) is 4.78 Å². The molecule has 0 aliphatic rings. The van der Waals surface area contributed by atoms with Gasteiger partial charge in [-0.3, -0.25) is 4.98 Å². The predicted octanol–water partition coefficient (Wildman–Crippen LogP) is 9.14. The highest BCUT2D eigenvalue weighted by Crippen LogP contribution is 2.27. The Bertz CT molecular complexity index is 1750. The fraction of sp³-hybridized carbons (Fsp3) is 0.189. The first-order valence-corrected chi connectivity index (χ1v) is 16.2. The maximum atomic E-state index is 6.74. The van der Waals surface area contributed by atoms with Gasteiger partial charge in [-0.2, -0.15) is 0 Å². The van der Waals surface area contributed by atoms with E-state index in [9.17, 15) is 0 Å². The van der Waals surface area contributed by atoms with Crippen molar-refractivity contribution in [2.45, 2.75) is 45.8 Å². The Morgan fingerprint density at radius 1 is 0.610 bits per heavy atom. The lowest BCUT2D eigenvalue weighted by molar-refractivity contribution is 0.561. The van der Waals surface area contributed by atoms with Crippen molar-refractivity contribution in [3.05, 3.63) is 132 Å². The van der Waals surface area contributed by atoms with Gasteiger partial charge in [0.1, 0.15) is 11.3 Å². The van der Waals surface area contributed by atoms with Gasteiger partial charge < -0.3 is 3.79 Å². The third-order valence-electron chi connectivity index (χ3n) is 7.64. The molecule has 0 amide bonds. The minimum atomic E-state index is -1.69. The van der Waals surface area contributed by atoms with E-state index in [-0.39, 0.29) is 0 Å². The van der Waals surface area contributed by atoms with Crippen molar-refractivity contribution >= 4 is 40.7 Å². The molecule has 2 aromatic heterocycles. The number of rotatable bonds is 6. The minimum absolute atomic E-state index is 0.526. The Morgan fingerprint density at radius 3 is 1.85 bits per heavy atom. The average molecular weight is 553 g/mol. The van der Waals surface area contributed by atoms with Crippen molar-refractivity contribution in [1.29, 1.82) is 0 Å². The third kappa shape index (κ3) is 6.85. The Hall–Kier alpha value is -3.97. The normalized spacial score (nSPS) is 11.5. The first-order chi connectivity index (χ1) is 19.9. The van der Waals surface area contributed by atoms with E-state index >= 15 is 0 Å². The highest BCUT2D eigenvalue weighted by Gasteiger charge is 2.33. The summed E-state index contributed by atoms with van der Waals surface area (Å²) in [7, 11) is 0. The van der Waals surface area contributed by atoms with Gasteiger partial charge >= 0.3 is 14.5 Å². The zero-order valence-corrected chi connectivity index (χ0v) is 25.8. The molecule has 0 spiro atoms. The number of pyridine rings is 2. The molecule has 204 valence electrons. The fourth-order valence-electron chi connectivity index (χ4n) is 5.06. The molecule has 0 saturated heterocycles. The van der Waals surface area contributed by atoms with Crippen LogP contribution in [0.4, 0.5) is 0 Å². The summed E-state index contributed by atoms with van der Waals surface area (Å²) < 4.78 is 8.61. The van der Waals surface area contributed by atoms with Crippen molar-refractivity contribution < 1.29 is 3.79 Å². The number of benzene rings is 4. The van der Waals surface area contributed by atoms with Crippen LogP contribution < -0.4 is 8.21 Å². The summed E-state index contributed by atoms with van der Waals surface area (Å²) >= 11 is -1.69. The zero-order valence-electron chi connectivity index (χ0n) is 24.6. The van der Waals surface area contributed by atoms with Gasteiger partial charge in [0.15, 0.2) is 0 Å². The molecule has 3 nitrogen and oxygen atoms in total. The molecule has 0 N–H and O–H groups in total. The number of para-hydroxylation sites is 2. The third-order valence-corrected chi connectivity index (χ3v) is 10.7. The van der Waals surface area contributed by atoms with Crippen LogP contribution in [0.5, 0.6) is 5.75 Å². The van der Waals surface area contributed by atoms with Crippen molar-refractivity contribution in [3.63, 3.8) is 0 Å². The Labute approximate surface area is 248 Å². The molecule has 2 heterocycles. The van der Waals surface area contributed by atoms with Crippen LogP contribution in [0.2, 0.25) is 4.78 Å². The van der Waals surface area contributed by atoms with Crippen LogP contribution in [0.3, 0.4) is 0 Å². The van der Waals surface area contributed by atoms with Gasteiger partial charge in [-0.25, -0.2) is 4.98 Å². The average Bonchev–Trinajstić information content (AvgIpc) is 3.01. The van der Waals surface area contributed by atoms with Crippen molar-refractivity contribution in [2.75, 3.05) is 0 Å². The molecule has 0 radical (unpaired) electrons. The Balaban J connectivity index is 0.000000234. The van der Waals surface area contributed by atoms with Crippen LogP contribution in [0, 0.1) is 20.8 Å². The molecule has 4 heteroatoms. The van der Waals surface area contributed by atoms with E-state index in [1.165, 1.54) is 26.5 Å². The summed E-state index contributed by atoms with van der Waals surface area (Å²) in [6.45, 7) is 10.7. The summed E-state index contributed by atoms with van der Waals surface area (Å²) in [6, 6.07) is 40.3. The van der Waals surface area contributed by atoms with Crippen LogP contribution in [-0.4, -0.2) is 24.5 Å². The molecule has 0 fully saturated rings. The number of aromatic nitrogens is 2. The van der Waals surface area contributed by atoms with Crippen LogP contribution >= 0.6 is 0 Å². The van der Waals surface area contributed by atoms with Crippen LogP contribution in [0.25, 0.3) is 32.9 Å². The summed E-state index contributed by atoms with van der Waals surface area (Å²) in [6.07, 6.45) is 1.11. The van der Waals surface area contributed by atoms with Crippen molar-refractivity contribution in [2.24, 2.45) is 0 Å². The lowest BCUT2D eigenvalue weighted by atomic mass is 10.1. The maximum absolute atomic E-state index is 6.74. The molecule has 1 atom stereocenters. The lowest BCUT2D eigenvalue weighted by Gasteiger charge is -2.21. The Morgan fingerprint density at radius 2 is 1.20 bits per heavy atom. The van der Waals surface area contributed by atoms with Gasteiger partial charge in [0.25, 0.3) is 0 Å². The maximum Gasteiger partial charge on any atom is 0.592 e. The van der Waals surface area contributed by atoms with E-state index in [2.05, 4.69) is 135 Å². The predicted molar refractivity (Wildman–Crippen MR) is 175 cm³/mol. The molecular formula is C37H37AlN2O. The van der Waals surface area contributed by atoms with Gasteiger partial charge in [-0.15, -0.1) is 0 Å². The molecular weight excluding hydrogens is 515 g/mol. The number of hydrogen-bond donors (Lipinski definition) is 0. The SMILES string of the molecule is CC[CH](C)[Al]([O]c1cccc2ccc(C)nc12)[c]1ccc(-c2ccccc2)cc1.Cc1ccc2cccc(C)c2n1. The number of nitrogens with zero attached hydrogens (tertiary/aromatic N) is 2. The van der Waals surface area contributed by atoms with Crippen LogP contribution in [-0.2, 0) is 0 Å². The second kappa shape index (κ2) is 13.1. The summed E-state index contributed by atoms with van der Waals surface area (Å²) in [4.78, 5) is 9.23. The topological polar surface area (TPSA) is 35.0 Å². The number of aryl methyl sites for hydroxylation is 3. The van der Waals surface area contributed by atoms with E-state index in [4.69, 9.17) is 8.77 Å². The molecule has 6 rings (SSSR count). The van der Waals surface area contributed by atoms with Gasteiger partial charge in [0, 0.05) is 22.2 Å². The van der Waals surface area contributed by atoms with Crippen molar-refractivity contribution in [1.82, 2.24) is 9.97 Å². The monoisotopic (exact) mass is 552 g/mol. The molecule has 1 unspecified atom stereocenters. The molecule has 0 aliphatic carbocycles. The van der Waals surface area contributed by atoms with E-state index < -0.39 is 14.5 Å². The van der Waals surface area contributed by atoms with E-state index in [0.717, 1.165) is 40.0 Å². The van der Waals surface area contributed by atoms with Gasteiger partial charge in [-0.1, -0.05) is 122 Å². The molecule has 6 aromatic rings. The second-order valence-corrected chi connectivity index (χ2v) is 13.7. The first kappa shape index (κ1) is 28.6. The zero-order chi connectivity index (χ0) is 28.8. The van der Waals surface area contributed by atoms with Gasteiger partial charge in [-0.05, 0) is 60.4 Å². The molecule has 0 saturated carbocycles. The molecule has 0 aliphatic heterocycles. The largest absolute Gasteiger partial charge is 0.638 e. The standard InChI is InChI=1S/C12H9.C11H11N.C10H9NO.C4H9.Al/c1-3-7-11(8-4-1)12-9-5-2-6-10-12;1-8-4-3-5-10-7-6-9(2)12-11(8)10;1-7-5-6-8-3-2-4-9(12)10(8)11-7;1-3-4-2;/h1,3-10H;3-7H,1-2H3;2-6,12H,1H3;3H,4H2,1-2H3;/q;;;;+1/p-1. The first-order valence-electron chi connectivity index (χ1n) is 14.4. The summed E-state index contributed by atoms with van der Waals surface area (Å²) in [5.41, 5.74) is 7.92. The minimum Gasteiger partial charge on any atom is -0.638 e. The van der Waals surface area contributed by atoms with Crippen LogP contribution in [0.1, 0.15) is 37.2 Å². The molecule has 4 aromatic carbocycles. The summed E-state index contributed by atoms with van der Waals surface area (Å²) in [5.74, 6) is 0.912. The highest BCUT2D eigenvalue weighted by atomic mass is 27.2. The quantitative estimate of drug-likeness (QED) is 0.193. The van der Waals surface area contributed by atoms with E-state index in [1.54, 1.807) is 0 Å². The smallest absolute Gasteiger partial charge is 0.592 e. The van der Waals surface area contributed by atoms with E-state index in [1.807, 2.05) is 19.9 Å². The van der Waals surface area contributed by atoms with Gasteiger partial charge in [0.05, 0.1) is 5.52 Å². The fourth-order valence-corrected chi connectivity index (χ4v) is 7.55. The lowest BCUT2D eigenvalue weighted by Crippen LogP contribution is -2.40. The van der Waals surface area contributed by atoms with Crippen LogP contribution in [0.15, 0.2) is 115 Å². The Kier molecular flexibility index (Phi) is 9.15. The number of fused-ring (bicyclic) bond motifs is 2. The molecule has 0 bridgehead atoms. The highest BCUT2D eigenvalue weighted by molar-refractivity contribution is 6.69.